The van der Waals surface area contributed by atoms with Gasteiger partial charge in [0.1, 0.15) is 6.33 Å². The highest BCUT2D eigenvalue weighted by Crippen LogP contribution is 2.38. The van der Waals surface area contributed by atoms with Gasteiger partial charge in [-0.2, -0.15) is 0 Å². The van der Waals surface area contributed by atoms with Crippen LogP contribution in [0.25, 0.3) is 22.2 Å². The van der Waals surface area contributed by atoms with Crippen molar-refractivity contribution in [2.24, 2.45) is 0 Å². The Morgan fingerprint density at radius 2 is 1.70 bits per heavy atom. The van der Waals surface area contributed by atoms with Crippen molar-refractivity contribution in [2.45, 2.75) is 0 Å². The van der Waals surface area contributed by atoms with Crippen LogP contribution in [0.1, 0.15) is 0 Å². The number of benzene rings is 2. The van der Waals surface area contributed by atoms with Crippen LogP contribution in [-0.4, -0.2) is 24.2 Å². The van der Waals surface area contributed by atoms with Crippen LogP contribution in [0.3, 0.4) is 0 Å². The molecule has 0 bridgehead atoms. The van der Waals surface area contributed by atoms with Gasteiger partial charge >= 0.3 is 0 Å². The molecule has 20 heavy (non-hydrogen) atoms. The number of rotatable bonds is 3. The largest absolute Gasteiger partial charge is 0.493 e. The van der Waals surface area contributed by atoms with Gasteiger partial charge in [0, 0.05) is 10.9 Å². The molecule has 0 spiro atoms. The van der Waals surface area contributed by atoms with Gasteiger partial charge in [-0.3, -0.25) is 0 Å². The van der Waals surface area contributed by atoms with Gasteiger partial charge < -0.3 is 9.47 Å². The highest BCUT2D eigenvalue weighted by molar-refractivity contribution is 5.94. The number of hydrogen-bond acceptors (Lipinski definition) is 4. The zero-order valence-corrected chi connectivity index (χ0v) is 11.3. The smallest absolute Gasteiger partial charge is 0.170 e. The Kier molecular flexibility index (Phi) is 3.21. The molecule has 0 amide bonds. The number of para-hydroxylation sites is 2. The SMILES string of the molecule is COc1cccc(-c2ncnc3ccccc23)c1OC. The van der Waals surface area contributed by atoms with E-state index in [1.165, 1.54) is 0 Å². The first-order chi connectivity index (χ1) is 9.85. The second-order valence-electron chi connectivity index (χ2n) is 4.28. The van der Waals surface area contributed by atoms with Gasteiger partial charge in [-0.1, -0.05) is 24.3 Å². The molecule has 1 aromatic heterocycles. The van der Waals surface area contributed by atoms with Crippen molar-refractivity contribution in [1.82, 2.24) is 9.97 Å². The first-order valence-corrected chi connectivity index (χ1v) is 6.26. The van der Waals surface area contributed by atoms with E-state index in [-0.39, 0.29) is 0 Å². The summed E-state index contributed by atoms with van der Waals surface area (Å²) in [6.45, 7) is 0. The number of aromatic nitrogens is 2. The lowest BCUT2D eigenvalue weighted by molar-refractivity contribution is 0.356. The molecule has 0 fully saturated rings. The highest BCUT2D eigenvalue weighted by atomic mass is 16.5. The molecule has 0 N–H and O–H groups in total. The van der Waals surface area contributed by atoms with Gasteiger partial charge in [-0.25, -0.2) is 9.97 Å². The highest BCUT2D eigenvalue weighted by Gasteiger charge is 2.14. The van der Waals surface area contributed by atoms with E-state index in [0.717, 1.165) is 22.2 Å². The maximum atomic E-state index is 5.49. The zero-order chi connectivity index (χ0) is 13.9. The molecule has 0 radical (unpaired) electrons. The maximum Gasteiger partial charge on any atom is 0.170 e. The normalized spacial score (nSPS) is 10.5. The summed E-state index contributed by atoms with van der Waals surface area (Å²) in [6.07, 6.45) is 1.57. The Balaban J connectivity index is 2.31. The first kappa shape index (κ1) is 12.4. The number of ether oxygens (including phenoxy) is 2. The predicted molar refractivity (Wildman–Crippen MR) is 78.1 cm³/mol. The van der Waals surface area contributed by atoms with Gasteiger partial charge in [0.05, 0.1) is 25.4 Å². The van der Waals surface area contributed by atoms with Crippen LogP contribution >= 0.6 is 0 Å². The summed E-state index contributed by atoms with van der Waals surface area (Å²) in [6, 6.07) is 13.7. The van der Waals surface area contributed by atoms with Crippen LogP contribution in [0.4, 0.5) is 0 Å². The third-order valence-corrected chi connectivity index (χ3v) is 3.20. The minimum absolute atomic E-state index is 0.679. The van der Waals surface area contributed by atoms with E-state index in [2.05, 4.69) is 9.97 Å². The molecule has 4 nitrogen and oxygen atoms in total. The zero-order valence-electron chi connectivity index (χ0n) is 11.3. The molecule has 0 saturated heterocycles. The van der Waals surface area contributed by atoms with Gasteiger partial charge in [-0.15, -0.1) is 0 Å². The molecule has 0 aliphatic carbocycles. The van der Waals surface area contributed by atoms with Crippen LogP contribution < -0.4 is 9.47 Å². The minimum Gasteiger partial charge on any atom is -0.493 e. The predicted octanol–water partition coefficient (Wildman–Crippen LogP) is 3.31. The Morgan fingerprint density at radius 3 is 2.50 bits per heavy atom. The maximum absolute atomic E-state index is 5.49. The molecule has 2 aromatic carbocycles. The average molecular weight is 266 g/mol. The molecule has 0 aliphatic rings. The van der Waals surface area contributed by atoms with Crippen molar-refractivity contribution < 1.29 is 9.47 Å². The average Bonchev–Trinajstić information content (AvgIpc) is 2.53. The van der Waals surface area contributed by atoms with Crippen LogP contribution in [0.15, 0.2) is 48.8 Å². The molecule has 1 heterocycles. The topological polar surface area (TPSA) is 44.2 Å². The van der Waals surface area contributed by atoms with E-state index in [1.54, 1.807) is 20.5 Å². The monoisotopic (exact) mass is 266 g/mol. The first-order valence-electron chi connectivity index (χ1n) is 6.26. The molecular weight excluding hydrogens is 252 g/mol. The van der Waals surface area contributed by atoms with Gasteiger partial charge in [0.25, 0.3) is 0 Å². The fourth-order valence-corrected chi connectivity index (χ4v) is 2.29. The molecule has 0 aliphatic heterocycles. The molecule has 100 valence electrons. The van der Waals surface area contributed by atoms with Crippen molar-refractivity contribution in [3.63, 3.8) is 0 Å². The number of fused-ring (bicyclic) bond motifs is 1. The van der Waals surface area contributed by atoms with Crippen molar-refractivity contribution >= 4 is 10.9 Å². The Morgan fingerprint density at radius 1 is 0.850 bits per heavy atom. The second-order valence-corrected chi connectivity index (χ2v) is 4.28. The molecule has 4 heteroatoms. The summed E-state index contributed by atoms with van der Waals surface area (Å²) in [4.78, 5) is 8.70. The van der Waals surface area contributed by atoms with Crippen LogP contribution in [0, 0.1) is 0 Å². The second kappa shape index (κ2) is 5.17. The number of methoxy groups -OCH3 is 2. The molecule has 0 saturated carbocycles. The van der Waals surface area contributed by atoms with Crippen LogP contribution in [0.2, 0.25) is 0 Å². The summed E-state index contributed by atoms with van der Waals surface area (Å²) < 4.78 is 10.8. The Labute approximate surface area is 117 Å². The Hall–Kier alpha value is -2.62. The van der Waals surface area contributed by atoms with Crippen molar-refractivity contribution in [1.29, 1.82) is 0 Å². The lowest BCUT2D eigenvalue weighted by atomic mass is 10.1. The molecular formula is C16H14N2O2. The van der Waals surface area contributed by atoms with E-state index in [0.29, 0.717) is 11.5 Å². The van der Waals surface area contributed by atoms with Crippen LogP contribution in [-0.2, 0) is 0 Å². The molecule has 3 aromatic rings. The fourth-order valence-electron chi connectivity index (χ4n) is 2.29. The lowest BCUT2D eigenvalue weighted by Crippen LogP contribution is -1.95. The third-order valence-electron chi connectivity index (χ3n) is 3.20. The summed E-state index contributed by atoms with van der Waals surface area (Å²) in [5.74, 6) is 1.37. The minimum atomic E-state index is 0.679. The standard InChI is InChI=1S/C16H14N2O2/c1-19-14-9-5-7-12(16(14)20-2)15-11-6-3-4-8-13(11)17-10-18-15/h3-10H,1-2H3. The molecule has 3 rings (SSSR count). The van der Waals surface area contributed by atoms with E-state index in [4.69, 9.17) is 9.47 Å². The van der Waals surface area contributed by atoms with Crippen LogP contribution in [0.5, 0.6) is 11.5 Å². The van der Waals surface area contributed by atoms with E-state index >= 15 is 0 Å². The van der Waals surface area contributed by atoms with E-state index in [9.17, 15) is 0 Å². The fraction of sp³-hybridized carbons (Fsp3) is 0.125. The Bertz CT molecular complexity index is 751. The lowest BCUT2D eigenvalue weighted by Gasteiger charge is -2.13. The van der Waals surface area contributed by atoms with E-state index in [1.807, 2.05) is 42.5 Å². The van der Waals surface area contributed by atoms with Crippen molar-refractivity contribution in [2.75, 3.05) is 14.2 Å². The summed E-state index contributed by atoms with van der Waals surface area (Å²) in [7, 11) is 3.25. The van der Waals surface area contributed by atoms with Gasteiger partial charge in [0.2, 0.25) is 0 Å². The van der Waals surface area contributed by atoms with E-state index < -0.39 is 0 Å². The quantitative estimate of drug-likeness (QED) is 0.729. The van der Waals surface area contributed by atoms with Gasteiger partial charge in [-0.05, 0) is 18.2 Å². The summed E-state index contributed by atoms with van der Waals surface area (Å²) >= 11 is 0. The molecule has 0 atom stereocenters. The third kappa shape index (κ3) is 1.95. The molecule has 0 unspecified atom stereocenters. The van der Waals surface area contributed by atoms with Crippen molar-refractivity contribution in [3.05, 3.63) is 48.8 Å². The van der Waals surface area contributed by atoms with Gasteiger partial charge in [0.15, 0.2) is 11.5 Å². The van der Waals surface area contributed by atoms with Crippen molar-refractivity contribution in [3.8, 4) is 22.8 Å². The number of hydrogen-bond donors (Lipinski definition) is 0. The summed E-state index contributed by atoms with van der Waals surface area (Å²) in [5, 5.41) is 0.988. The number of nitrogens with zero attached hydrogens (tertiary/aromatic N) is 2. The summed E-state index contributed by atoms with van der Waals surface area (Å²) in [5.41, 5.74) is 2.64.